The second-order valence-corrected chi connectivity index (χ2v) is 7.51. The third-order valence-corrected chi connectivity index (χ3v) is 5.53. The Labute approximate surface area is 181 Å². The first kappa shape index (κ1) is 21.6. The molecule has 2 aromatic heterocycles. The monoisotopic (exact) mass is 498 g/mol. The van der Waals surface area contributed by atoms with Gasteiger partial charge in [-0.2, -0.15) is 0 Å². The number of hydrogen-bond donors (Lipinski definition) is 2. The SMILES string of the molecule is CN=C(NCCc1nc(C)c(C)s1)NCCn1c(C)nc2ccccc21.I. The fraction of sp³-hybridized carbons (Fsp3) is 0.421. The van der Waals surface area contributed by atoms with Crippen LogP contribution in [0.5, 0.6) is 0 Å². The van der Waals surface area contributed by atoms with E-state index in [0.29, 0.717) is 0 Å². The van der Waals surface area contributed by atoms with Gasteiger partial charge in [-0.25, -0.2) is 9.97 Å². The Bertz CT molecular complexity index is 895. The molecule has 1 aromatic carbocycles. The molecule has 3 rings (SSSR count). The molecule has 2 heterocycles. The molecule has 3 aromatic rings. The molecule has 2 N–H and O–H groups in total. The smallest absolute Gasteiger partial charge is 0.191 e. The van der Waals surface area contributed by atoms with E-state index >= 15 is 0 Å². The van der Waals surface area contributed by atoms with Crippen molar-refractivity contribution in [2.45, 2.75) is 33.7 Å². The van der Waals surface area contributed by atoms with Gasteiger partial charge >= 0.3 is 0 Å². The molecule has 0 saturated heterocycles. The summed E-state index contributed by atoms with van der Waals surface area (Å²) in [7, 11) is 1.80. The van der Waals surface area contributed by atoms with E-state index in [1.54, 1.807) is 18.4 Å². The number of aromatic nitrogens is 3. The van der Waals surface area contributed by atoms with Crippen molar-refractivity contribution in [1.29, 1.82) is 0 Å². The van der Waals surface area contributed by atoms with Gasteiger partial charge in [0.25, 0.3) is 0 Å². The lowest BCUT2D eigenvalue weighted by molar-refractivity contribution is 0.659. The van der Waals surface area contributed by atoms with Crippen LogP contribution in [0.4, 0.5) is 0 Å². The number of fused-ring (bicyclic) bond motifs is 1. The van der Waals surface area contributed by atoms with Crippen molar-refractivity contribution in [3.8, 4) is 0 Å². The fourth-order valence-electron chi connectivity index (χ4n) is 2.92. The number of guanidine groups is 1. The lowest BCUT2D eigenvalue weighted by atomic mass is 10.3. The Morgan fingerprint density at radius 1 is 1.11 bits per heavy atom. The quantitative estimate of drug-likeness (QED) is 0.311. The fourth-order valence-corrected chi connectivity index (χ4v) is 3.85. The van der Waals surface area contributed by atoms with E-state index in [9.17, 15) is 0 Å². The maximum absolute atomic E-state index is 4.61. The zero-order valence-corrected chi connectivity index (χ0v) is 19.4. The molecule has 0 bridgehead atoms. The molecule has 0 aliphatic rings. The van der Waals surface area contributed by atoms with Crippen molar-refractivity contribution in [3.63, 3.8) is 0 Å². The average Bonchev–Trinajstić information content (AvgIpc) is 3.12. The number of imidazole rings is 1. The Morgan fingerprint density at radius 3 is 2.56 bits per heavy atom. The number of halogens is 1. The predicted octanol–water partition coefficient (Wildman–Crippen LogP) is 3.44. The van der Waals surface area contributed by atoms with Crippen molar-refractivity contribution in [2.24, 2.45) is 4.99 Å². The minimum absolute atomic E-state index is 0. The first-order valence-electron chi connectivity index (χ1n) is 8.87. The van der Waals surface area contributed by atoms with Crippen LogP contribution in [-0.2, 0) is 13.0 Å². The molecular weight excluding hydrogens is 471 g/mol. The Balaban J connectivity index is 0.00000261. The third-order valence-electron chi connectivity index (χ3n) is 4.40. The van der Waals surface area contributed by atoms with Crippen molar-refractivity contribution >= 4 is 52.3 Å². The number of thiazole rings is 1. The summed E-state index contributed by atoms with van der Waals surface area (Å²) in [6.07, 6.45) is 0.908. The van der Waals surface area contributed by atoms with E-state index in [4.69, 9.17) is 0 Å². The largest absolute Gasteiger partial charge is 0.356 e. The van der Waals surface area contributed by atoms with E-state index in [2.05, 4.69) is 62.2 Å². The molecule has 0 atom stereocenters. The van der Waals surface area contributed by atoms with Gasteiger partial charge in [-0.05, 0) is 32.9 Å². The summed E-state index contributed by atoms with van der Waals surface area (Å²) < 4.78 is 2.23. The zero-order valence-electron chi connectivity index (χ0n) is 16.2. The number of aliphatic imine (C=N–C) groups is 1. The first-order valence-corrected chi connectivity index (χ1v) is 9.69. The second kappa shape index (κ2) is 10.0. The Kier molecular flexibility index (Phi) is 8.03. The summed E-state index contributed by atoms with van der Waals surface area (Å²) in [5, 5.41) is 7.90. The molecule has 0 saturated carbocycles. The Morgan fingerprint density at radius 2 is 1.85 bits per heavy atom. The predicted molar refractivity (Wildman–Crippen MR) is 125 cm³/mol. The van der Waals surface area contributed by atoms with Crippen molar-refractivity contribution < 1.29 is 0 Å². The van der Waals surface area contributed by atoms with Crippen molar-refractivity contribution in [1.82, 2.24) is 25.2 Å². The summed E-state index contributed by atoms with van der Waals surface area (Å²) in [5.41, 5.74) is 3.35. The van der Waals surface area contributed by atoms with Crippen molar-refractivity contribution in [2.75, 3.05) is 20.1 Å². The number of benzene rings is 1. The molecule has 0 unspecified atom stereocenters. The van der Waals surface area contributed by atoms with Gasteiger partial charge in [0.2, 0.25) is 0 Å². The minimum Gasteiger partial charge on any atom is -0.356 e. The highest BCUT2D eigenvalue weighted by molar-refractivity contribution is 14.0. The molecule has 27 heavy (non-hydrogen) atoms. The molecule has 0 amide bonds. The topological polar surface area (TPSA) is 67.1 Å². The van der Waals surface area contributed by atoms with Gasteiger partial charge in [-0.1, -0.05) is 12.1 Å². The highest BCUT2D eigenvalue weighted by Crippen LogP contribution is 2.16. The summed E-state index contributed by atoms with van der Waals surface area (Å²) >= 11 is 1.77. The molecule has 0 aliphatic carbocycles. The maximum atomic E-state index is 4.61. The molecule has 0 spiro atoms. The molecule has 8 heteroatoms. The Hall–Kier alpha value is -1.68. The van der Waals surface area contributed by atoms with Crippen LogP contribution < -0.4 is 10.6 Å². The third kappa shape index (κ3) is 5.41. The van der Waals surface area contributed by atoms with E-state index in [1.165, 1.54) is 15.4 Å². The van der Waals surface area contributed by atoms with Gasteiger partial charge in [0.15, 0.2) is 5.96 Å². The van der Waals surface area contributed by atoms with Gasteiger partial charge in [-0.15, -0.1) is 35.3 Å². The van der Waals surface area contributed by atoms with Gasteiger partial charge < -0.3 is 15.2 Å². The molecule has 0 aliphatic heterocycles. The molecule has 0 radical (unpaired) electrons. The number of aryl methyl sites for hydroxylation is 3. The number of nitrogens with zero attached hydrogens (tertiary/aromatic N) is 4. The average molecular weight is 498 g/mol. The van der Waals surface area contributed by atoms with Crippen LogP contribution >= 0.6 is 35.3 Å². The van der Waals surface area contributed by atoms with Gasteiger partial charge in [0.1, 0.15) is 5.82 Å². The van der Waals surface area contributed by atoms with Crippen LogP contribution in [0.2, 0.25) is 0 Å². The van der Waals surface area contributed by atoms with E-state index < -0.39 is 0 Å². The van der Waals surface area contributed by atoms with Crippen LogP contribution in [-0.4, -0.2) is 40.6 Å². The second-order valence-electron chi connectivity index (χ2n) is 6.22. The van der Waals surface area contributed by atoms with Crippen molar-refractivity contribution in [3.05, 3.63) is 45.7 Å². The van der Waals surface area contributed by atoms with E-state index in [1.807, 2.05) is 13.0 Å². The van der Waals surface area contributed by atoms with Crippen LogP contribution in [0.3, 0.4) is 0 Å². The van der Waals surface area contributed by atoms with Crippen LogP contribution in [0.25, 0.3) is 11.0 Å². The van der Waals surface area contributed by atoms with Crippen LogP contribution in [0.1, 0.15) is 21.4 Å². The van der Waals surface area contributed by atoms with Crippen LogP contribution in [0.15, 0.2) is 29.3 Å². The van der Waals surface area contributed by atoms with Gasteiger partial charge in [-0.3, -0.25) is 4.99 Å². The summed E-state index contributed by atoms with van der Waals surface area (Å²) in [5.74, 6) is 1.85. The van der Waals surface area contributed by atoms with Crippen LogP contribution in [0, 0.1) is 20.8 Å². The van der Waals surface area contributed by atoms with E-state index in [-0.39, 0.29) is 24.0 Å². The lowest BCUT2D eigenvalue weighted by Gasteiger charge is -2.12. The molecule has 146 valence electrons. The summed E-state index contributed by atoms with van der Waals surface area (Å²) in [4.78, 5) is 14.8. The van der Waals surface area contributed by atoms with E-state index in [0.717, 1.165) is 49.0 Å². The number of rotatable bonds is 6. The van der Waals surface area contributed by atoms with Gasteiger partial charge in [0.05, 0.1) is 21.7 Å². The maximum Gasteiger partial charge on any atom is 0.191 e. The molecule has 6 nitrogen and oxygen atoms in total. The lowest BCUT2D eigenvalue weighted by Crippen LogP contribution is -2.39. The number of para-hydroxylation sites is 2. The first-order chi connectivity index (χ1) is 12.6. The summed E-state index contributed by atoms with van der Waals surface area (Å²) in [6, 6.07) is 8.24. The normalized spacial score (nSPS) is 11.5. The molecular formula is C19H27IN6S. The molecule has 0 fully saturated rings. The van der Waals surface area contributed by atoms with Gasteiger partial charge in [0, 0.05) is 38.0 Å². The summed E-state index contributed by atoms with van der Waals surface area (Å²) in [6.45, 7) is 8.68. The standard InChI is InChI=1S/C19H26N6S.HI/c1-13-14(2)26-18(23-13)9-10-21-19(20-4)22-11-12-25-15(3)24-16-7-5-6-8-17(16)25;/h5-8H,9-12H2,1-4H3,(H2,20,21,22);1H. The highest BCUT2D eigenvalue weighted by Gasteiger charge is 2.07. The minimum atomic E-state index is 0. The number of hydrogen-bond acceptors (Lipinski definition) is 4. The highest BCUT2D eigenvalue weighted by atomic mass is 127. The number of nitrogens with one attached hydrogen (secondary N) is 2. The zero-order chi connectivity index (χ0) is 18.5.